The van der Waals surface area contributed by atoms with E-state index < -0.39 is 0 Å². The van der Waals surface area contributed by atoms with Gasteiger partial charge in [0, 0.05) is 24.2 Å². The van der Waals surface area contributed by atoms with Crippen LogP contribution in [0.5, 0.6) is 0 Å². The molecule has 0 saturated heterocycles. The van der Waals surface area contributed by atoms with Crippen molar-refractivity contribution in [3.8, 4) is 11.3 Å². The maximum Gasteiger partial charge on any atom is 0.132 e. The van der Waals surface area contributed by atoms with Crippen molar-refractivity contribution >= 4 is 0 Å². The Morgan fingerprint density at radius 1 is 1.38 bits per heavy atom. The molecule has 2 N–H and O–H groups in total. The molecule has 2 rings (SSSR count). The quantitative estimate of drug-likeness (QED) is 0.825. The lowest BCUT2D eigenvalue weighted by molar-refractivity contribution is 0.630. The molecule has 0 spiro atoms. The predicted octanol–water partition coefficient (Wildman–Crippen LogP) is 1.98. The maximum absolute atomic E-state index is 13.6. The van der Waals surface area contributed by atoms with Gasteiger partial charge in [-0.2, -0.15) is 0 Å². The summed E-state index contributed by atoms with van der Waals surface area (Å²) in [4.78, 5) is 7.23. The summed E-state index contributed by atoms with van der Waals surface area (Å²) in [6.07, 6.45) is 2.41. The number of H-pyrrole nitrogens is 1. The second-order valence-corrected chi connectivity index (χ2v) is 3.56. The molecule has 0 bridgehead atoms. The van der Waals surface area contributed by atoms with Gasteiger partial charge in [-0.3, -0.25) is 0 Å². The van der Waals surface area contributed by atoms with E-state index in [9.17, 15) is 4.39 Å². The summed E-state index contributed by atoms with van der Waals surface area (Å²) in [7, 11) is 1.89. The van der Waals surface area contributed by atoms with Crippen LogP contribution in [0.1, 0.15) is 5.69 Å². The van der Waals surface area contributed by atoms with Crippen LogP contribution in [0.25, 0.3) is 11.3 Å². The highest BCUT2D eigenvalue weighted by Crippen LogP contribution is 2.23. The number of aromatic amines is 1. The number of imidazole rings is 1. The van der Waals surface area contributed by atoms with Gasteiger partial charge in [0.15, 0.2) is 0 Å². The Balaban J connectivity index is 2.33. The Bertz CT molecular complexity index is 465. The van der Waals surface area contributed by atoms with Gasteiger partial charge in [0.05, 0.1) is 12.0 Å². The highest BCUT2D eigenvalue weighted by molar-refractivity contribution is 5.62. The largest absolute Gasteiger partial charge is 0.348 e. The number of nitrogens with zero attached hydrogens (tertiary/aromatic N) is 1. The van der Waals surface area contributed by atoms with Gasteiger partial charge in [0.25, 0.3) is 0 Å². The summed E-state index contributed by atoms with van der Waals surface area (Å²) < 4.78 is 13.6. The van der Waals surface area contributed by atoms with E-state index in [1.54, 1.807) is 18.5 Å². The van der Waals surface area contributed by atoms with Crippen LogP contribution >= 0.6 is 0 Å². The molecular formula is C12H14FN3. The number of hydrogen-bond donors (Lipinski definition) is 2. The van der Waals surface area contributed by atoms with Crippen LogP contribution in [0.2, 0.25) is 0 Å². The van der Waals surface area contributed by atoms with Crippen molar-refractivity contribution in [3.05, 3.63) is 42.1 Å². The molecule has 0 aliphatic heterocycles. The highest BCUT2D eigenvalue weighted by atomic mass is 19.1. The highest BCUT2D eigenvalue weighted by Gasteiger charge is 2.11. The summed E-state index contributed by atoms with van der Waals surface area (Å²) in [6, 6.07) is 6.69. The normalized spacial score (nSPS) is 10.6. The topological polar surface area (TPSA) is 40.7 Å². The van der Waals surface area contributed by atoms with E-state index in [0.29, 0.717) is 11.3 Å². The Morgan fingerprint density at radius 2 is 2.19 bits per heavy atom. The standard InChI is InChI=1S/C12H14FN3/c1-14-7-6-11-12(16-8-15-11)9-4-2-3-5-10(9)13/h2-5,8,14H,6-7H2,1H3,(H,15,16). The SMILES string of the molecule is CNCCc1[nH]cnc1-c1ccccc1F. The van der Waals surface area contributed by atoms with Crippen LogP contribution in [0, 0.1) is 5.82 Å². The molecule has 2 aromatic rings. The molecule has 0 amide bonds. The van der Waals surface area contributed by atoms with E-state index >= 15 is 0 Å². The fraction of sp³-hybridized carbons (Fsp3) is 0.250. The van der Waals surface area contributed by atoms with Gasteiger partial charge in [-0.25, -0.2) is 9.37 Å². The minimum atomic E-state index is -0.236. The Labute approximate surface area is 93.7 Å². The molecule has 1 heterocycles. The van der Waals surface area contributed by atoms with Crippen LogP contribution < -0.4 is 5.32 Å². The fourth-order valence-electron chi connectivity index (χ4n) is 1.65. The van der Waals surface area contributed by atoms with Crippen LogP contribution in [0.15, 0.2) is 30.6 Å². The first-order chi connectivity index (χ1) is 7.83. The number of nitrogens with one attached hydrogen (secondary N) is 2. The second kappa shape index (κ2) is 4.90. The average molecular weight is 219 g/mol. The van der Waals surface area contributed by atoms with Gasteiger partial charge in [-0.05, 0) is 19.2 Å². The number of benzene rings is 1. The first-order valence-corrected chi connectivity index (χ1v) is 5.24. The lowest BCUT2D eigenvalue weighted by Crippen LogP contribution is -2.11. The van der Waals surface area contributed by atoms with Crippen LogP contribution in [-0.4, -0.2) is 23.6 Å². The maximum atomic E-state index is 13.6. The smallest absolute Gasteiger partial charge is 0.132 e. The molecule has 0 fully saturated rings. The van der Waals surface area contributed by atoms with Gasteiger partial charge >= 0.3 is 0 Å². The fourth-order valence-corrected chi connectivity index (χ4v) is 1.65. The summed E-state index contributed by atoms with van der Waals surface area (Å²) in [5, 5.41) is 3.06. The third-order valence-electron chi connectivity index (χ3n) is 2.47. The summed E-state index contributed by atoms with van der Waals surface area (Å²) in [6.45, 7) is 0.837. The van der Waals surface area contributed by atoms with E-state index in [0.717, 1.165) is 18.7 Å². The molecular weight excluding hydrogens is 205 g/mol. The number of likely N-dealkylation sites (N-methyl/N-ethyl adjacent to an activating group) is 1. The van der Waals surface area contributed by atoms with E-state index in [1.165, 1.54) is 6.07 Å². The molecule has 0 unspecified atom stereocenters. The van der Waals surface area contributed by atoms with Crippen molar-refractivity contribution in [1.82, 2.24) is 15.3 Å². The van der Waals surface area contributed by atoms with Crippen LogP contribution in [0.4, 0.5) is 4.39 Å². The zero-order valence-corrected chi connectivity index (χ0v) is 9.13. The number of rotatable bonds is 4. The van der Waals surface area contributed by atoms with E-state index in [-0.39, 0.29) is 5.82 Å². The van der Waals surface area contributed by atoms with Crippen LogP contribution in [0.3, 0.4) is 0 Å². The molecule has 4 heteroatoms. The molecule has 1 aromatic carbocycles. The van der Waals surface area contributed by atoms with E-state index in [2.05, 4.69) is 15.3 Å². The molecule has 0 atom stereocenters. The lowest BCUT2D eigenvalue weighted by atomic mass is 10.1. The Hall–Kier alpha value is -1.68. The summed E-state index contributed by atoms with van der Waals surface area (Å²) in [5.41, 5.74) is 2.21. The summed E-state index contributed by atoms with van der Waals surface area (Å²) >= 11 is 0. The molecule has 0 radical (unpaired) electrons. The van der Waals surface area contributed by atoms with Crippen molar-refractivity contribution in [1.29, 1.82) is 0 Å². The van der Waals surface area contributed by atoms with Gasteiger partial charge < -0.3 is 10.3 Å². The molecule has 1 aromatic heterocycles. The van der Waals surface area contributed by atoms with E-state index in [4.69, 9.17) is 0 Å². The Kier molecular flexibility index (Phi) is 3.31. The van der Waals surface area contributed by atoms with Gasteiger partial charge in [-0.15, -0.1) is 0 Å². The molecule has 0 aliphatic carbocycles. The van der Waals surface area contributed by atoms with Gasteiger partial charge in [0.1, 0.15) is 5.82 Å². The number of hydrogen-bond acceptors (Lipinski definition) is 2. The molecule has 84 valence electrons. The minimum absolute atomic E-state index is 0.236. The molecule has 0 aliphatic rings. The summed E-state index contributed by atoms with van der Waals surface area (Å²) in [5.74, 6) is -0.236. The van der Waals surface area contributed by atoms with Crippen molar-refractivity contribution in [3.63, 3.8) is 0 Å². The van der Waals surface area contributed by atoms with Crippen molar-refractivity contribution < 1.29 is 4.39 Å². The first-order valence-electron chi connectivity index (χ1n) is 5.24. The monoisotopic (exact) mass is 219 g/mol. The first kappa shape index (κ1) is 10.8. The lowest BCUT2D eigenvalue weighted by Gasteiger charge is -2.03. The van der Waals surface area contributed by atoms with Gasteiger partial charge in [-0.1, -0.05) is 12.1 Å². The van der Waals surface area contributed by atoms with Gasteiger partial charge in [0.2, 0.25) is 0 Å². The zero-order valence-electron chi connectivity index (χ0n) is 9.13. The van der Waals surface area contributed by atoms with Crippen molar-refractivity contribution in [2.24, 2.45) is 0 Å². The molecule has 16 heavy (non-hydrogen) atoms. The second-order valence-electron chi connectivity index (χ2n) is 3.56. The van der Waals surface area contributed by atoms with Crippen molar-refractivity contribution in [2.45, 2.75) is 6.42 Å². The van der Waals surface area contributed by atoms with Crippen molar-refractivity contribution in [2.75, 3.05) is 13.6 Å². The average Bonchev–Trinajstić information content (AvgIpc) is 2.75. The third-order valence-corrected chi connectivity index (χ3v) is 2.47. The molecule has 3 nitrogen and oxygen atoms in total. The third kappa shape index (κ3) is 2.12. The minimum Gasteiger partial charge on any atom is -0.348 e. The zero-order chi connectivity index (χ0) is 11.4. The predicted molar refractivity (Wildman–Crippen MR) is 61.6 cm³/mol. The molecule has 0 saturated carbocycles. The van der Waals surface area contributed by atoms with Crippen LogP contribution in [-0.2, 0) is 6.42 Å². The Morgan fingerprint density at radius 3 is 2.94 bits per heavy atom. The number of aromatic nitrogens is 2. The van der Waals surface area contributed by atoms with E-state index in [1.807, 2.05) is 13.1 Å². The number of halogens is 1.